The predicted molar refractivity (Wildman–Crippen MR) is 65.7 cm³/mol. The third-order valence-corrected chi connectivity index (χ3v) is 2.50. The molecular formula is C13H13N3O. The zero-order valence-corrected chi connectivity index (χ0v) is 9.34. The zero-order chi connectivity index (χ0) is 12.1. The molecule has 0 bridgehead atoms. The maximum atomic E-state index is 10.6. The van der Waals surface area contributed by atoms with E-state index in [1.165, 1.54) is 0 Å². The molecule has 2 aromatic rings. The molecule has 2 N–H and O–H groups in total. The number of hydrogen-bond acceptors (Lipinski definition) is 4. The summed E-state index contributed by atoms with van der Waals surface area (Å²) in [5, 5.41) is 0. The molecule has 0 amide bonds. The normalized spacial score (nSPS) is 10.1. The van der Waals surface area contributed by atoms with Crippen molar-refractivity contribution in [3.63, 3.8) is 0 Å². The molecule has 86 valence electrons. The third kappa shape index (κ3) is 3.11. The number of aldehydes is 1. The molecule has 4 heteroatoms. The summed E-state index contributed by atoms with van der Waals surface area (Å²) < 4.78 is 0. The number of nitrogen functional groups attached to an aromatic ring is 1. The highest BCUT2D eigenvalue weighted by Crippen LogP contribution is 2.08. The zero-order valence-electron chi connectivity index (χ0n) is 9.34. The van der Waals surface area contributed by atoms with Gasteiger partial charge in [0.1, 0.15) is 5.82 Å². The first kappa shape index (κ1) is 11.3. The van der Waals surface area contributed by atoms with E-state index in [4.69, 9.17) is 5.73 Å². The first-order valence-corrected chi connectivity index (χ1v) is 5.37. The number of nitrogens with zero attached hydrogens (tertiary/aromatic N) is 2. The van der Waals surface area contributed by atoms with Crippen LogP contribution in [0.5, 0.6) is 0 Å². The molecule has 0 radical (unpaired) electrons. The molecule has 0 saturated heterocycles. The van der Waals surface area contributed by atoms with Crippen LogP contribution < -0.4 is 5.73 Å². The molecule has 0 aliphatic rings. The van der Waals surface area contributed by atoms with Crippen LogP contribution in [0.25, 0.3) is 0 Å². The Morgan fingerprint density at radius 1 is 1.12 bits per heavy atom. The van der Waals surface area contributed by atoms with Crippen molar-refractivity contribution in [1.29, 1.82) is 0 Å². The summed E-state index contributed by atoms with van der Waals surface area (Å²) in [6.45, 7) is 0. The Labute approximate surface area is 99.5 Å². The predicted octanol–water partition coefficient (Wildman–Crippen LogP) is 1.66. The second-order valence-corrected chi connectivity index (χ2v) is 3.84. The number of carbonyl (C=O) groups excluding carboxylic acids is 1. The molecule has 2 rings (SSSR count). The number of aromatic nitrogens is 2. The molecule has 0 aliphatic carbocycles. The van der Waals surface area contributed by atoms with E-state index in [0.29, 0.717) is 11.4 Å². The van der Waals surface area contributed by atoms with Crippen molar-refractivity contribution < 1.29 is 4.79 Å². The Bertz CT molecular complexity index is 508. The average Bonchev–Trinajstić information content (AvgIpc) is 2.38. The molecule has 0 saturated carbocycles. The van der Waals surface area contributed by atoms with Crippen LogP contribution in [0.1, 0.15) is 21.5 Å². The standard InChI is InChI=1S/C13H13N3O/c14-13-4-3-10(8-16-13)1-2-11-5-12(9-17)7-15-6-11/h3-9H,1-2H2,(H2,14,16). The average molecular weight is 227 g/mol. The van der Waals surface area contributed by atoms with E-state index in [9.17, 15) is 4.79 Å². The Morgan fingerprint density at radius 2 is 1.94 bits per heavy atom. The van der Waals surface area contributed by atoms with Crippen LogP contribution in [0.3, 0.4) is 0 Å². The van der Waals surface area contributed by atoms with Gasteiger partial charge in [-0.15, -0.1) is 0 Å². The fourth-order valence-electron chi connectivity index (χ4n) is 1.58. The van der Waals surface area contributed by atoms with E-state index in [0.717, 1.165) is 30.3 Å². The van der Waals surface area contributed by atoms with Gasteiger partial charge < -0.3 is 5.73 Å². The van der Waals surface area contributed by atoms with Gasteiger partial charge in [-0.3, -0.25) is 9.78 Å². The molecule has 0 aliphatic heterocycles. The number of hydrogen-bond donors (Lipinski definition) is 1. The van der Waals surface area contributed by atoms with Gasteiger partial charge in [-0.1, -0.05) is 6.07 Å². The highest BCUT2D eigenvalue weighted by Gasteiger charge is 1.98. The van der Waals surface area contributed by atoms with Gasteiger partial charge in [-0.25, -0.2) is 4.98 Å². The maximum absolute atomic E-state index is 10.6. The van der Waals surface area contributed by atoms with Crippen molar-refractivity contribution in [3.8, 4) is 0 Å². The van der Waals surface area contributed by atoms with Gasteiger partial charge in [0.15, 0.2) is 6.29 Å². The molecule has 0 fully saturated rings. The largest absolute Gasteiger partial charge is 0.384 e. The van der Waals surface area contributed by atoms with E-state index in [2.05, 4.69) is 9.97 Å². The SMILES string of the molecule is Nc1ccc(CCc2cncc(C=O)c2)cn1. The fourth-order valence-corrected chi connectivity index (χ4v) is 1.58. The summed E-state index contributed by atoms with van der Waals surface area (Å²) >= 11 is 0. The lowest BCUT2D eigenvalue weighted by molar-refractivity contribution is 0.112. The monoisotopic (exact) mass is 227 g/mol. The second kappa shape index (κ2) is 5.21. The van der Waals surface area contributed by atoms with E-state index in [1.807, 2.05) is 12.1 Å². The fraction of sp³-hybridized carbons (Fsp3) is 0.154. The van der Waals surface area contributed by atoms with E-state index < -0.39 is 0 Å². The van der Waals surface area contributed by atoms with Gasteiger partial charge in [0.05, 0.1) is 0 Å². The Balaban J connectivity index is 2.01. The van der Waals surface area contributed by atoms with Crippen molar-refractivity contribution in [1.82, 2.24) is 9.97 Å². The summed E-state index contributed by atoms with van der Waals surface area (Å²) in [7, 11) is 0. The van der Waals surface area contributed by atoms with Crippen molar-refractivity contribution in [3.05, 3.63) is 53.5 Å². The molecule has 0 spiro atoms. The molecule has 4 nitrogen and oxygen atoms in total. The Morgan fingerprint density at radius 3 is 2.65 bits per heavy atom. The van der Waals surface area contributed by atoms with Gasteiger partial charge in [0, 0.05) is 24.2 Å². The Hall–Kier alpha value is -2.23. The summed E-state index contributed by atoms with van der Waals surface area (Å²) in [5.41, 5.74) is 8.29. The molecule has 2 aromatic heterocycles. The van der Waals surface area contributed by atoms with Crippen molar-refractivity contribution in [2.45, 2.75) is 12.8 Å². The van der Waals surface area contributed by atoms with Gasteiger partial charge in [-0.05, 0) is 36.1 Å². The van der Waals surface area contributed by atoms with E-state index in [1.54, 1.807) is 24.7 Å². The number of aryl methyl sites for hydroxylation is 2. The van der Waals surface area contributed by atoms with Crippen LogP contribution in [0.15, 0.2) is 36.8 Å². The number of rotatable bonds is 4. The molecule has 17 heavy (non-hydrogen) atoms. The quantitative estimate of drug-likeness (QED) is 0.806. The lowest BCUT2D eigenvalue weighted by atomic mass is 10.1. The highest BCUT2D eigenvalue weighted by atomic mass is 16.1. The minimum Gasteiger partial charge on any atom is -0.384 e. The molecular weight excluding hydrogens is 214 g/mol. The van der Waals surface area contributed by atoms with Gasteiger partial charge in [0.25, 0.3) is 0 Å². The second-order valence-electron chi connectivity index (χ2n) is 3.84. The summed E-state index contributed by atoms with van der Waals surface area (Å²) in [5.74, 6) is 0.526. The minimum absolute atomic E-state index is 0.526. The summed E-state index contributed by atoms with van der Waals surface area (Å²) in [4.78, 5) is 18.7. The van der Waals surface area contributed by atoms with Gasteiger partial charge in [-0.2, -0.15) is 0 Å². The topological polar surface area (TPSA) is 68.9 Å². The lowest BCUT2D eigenvalue weighted by Crippen LogP contribution is -1.96. The first-order valence-electron chi connectivity index (χ1n) is 5.37. The third-order valence-electron chi connectivity index (χ3n) is 2.50. The number of carbonyl (C=O) groups is 1. The smallest absolute Gasteiger partial charge is 0.151 e. The first-order chi connectivity index (χ1) is 8.28. The van der Waals surface area contributed by atoms with Crippen LogP contribution in [0.4, 0.5) is 5.82 Å². The lowest BCUT2D eigenvalue weighted by Gasteiger charge is -2.02. The van der Waals surface area contributed by atoms with Crippen LogP contribution in [-0.4, -0.2) is 16.3 Å². The van der Waals surface area contributed by atoms with Crippen LogP contribution in [0, 0.1) is 0 Å². The highest BCUT2D eigenvalue weighted by molar-refractivity contribution is 5.74. The molecule has 0 unspecified atom stereocenters. The van der Waals surface area contributed by atoms with E-state index in [-0.39, 0.29) is 0 Å². The van der Waals surface area contributed by atoms with E-state index >= 15 is 0 Å². The van der Waals surface area contributed by atoms with Gasteiger partial charge >= 0.3 is 0 Å². The molecule has 0 aromatic carbocycles. The number of anilines is 1. The van der Waals surface area contributed by atoms with Crippen molar-refractivity contribution >= 4 is 12.1 Å². The number of pyridine rings is 2. The number of nitrogens with two attached hydrogens (primary N) is 1. The van der Waals surface area contributed by atoms with Crippen LogP contribution in [-0.2, 0) is 12.8 Å². The molecule has 2 heterocycles. The van der Waals surface area contributed by atoms with Crippen molar-refractivity contribution in [2.24, 2.45) is 0 Å². The van der Waals surface area contributed by atoms with Crippen molar-refractivity contribution in [2.75, 3.05) is 5.73 Å². The van der Waals surface area contributed by atoms with Crippen LogP contribution >= 0.6 is 0 Å². The summed E-state index contributed by atoms with van der Waals surface area (Å²) in [6.07, 6.45) is 7.60. The summed E-state index contributed by atoms with van der Waals surface area (Å²) in [6, 6.07) is 5.60. The Kier molecular flexibility index (Phi) is 3.45. The van der Waals surface area contributed by atoms with Crippen LogP contribution in [0.2, 0.25) is 0 Å². The minimum atomic E-state index is 0.526. The maximum Gasteiger partial charge on any atom is 0.151 e. The molecule has 0 atom stereocenters. The van der Waals surface area contributed by atoms with Gasteiger partial charge in [0.2, 0.25) is 0 Å².